The van der Waals surface area contributed by atoms with Crippen LogP contribution in [0.1, 0.15) is 52.7 Å². The van der Waals surface area contributed by atoms with E-state index in [0.29, 0.717) is 16.9 Å². The molecule has 1 aliphatic carbocycles. The number of rotatable bonds is 4. The van der Waals surface area contributed by atoms with E-state index in [-0.39, 0.29) is 29.7 Å². The summed E-state index contributed by atoms with van der Waals surface area (Å²) < 4.78 is 20.3. The summed E-state index contributed by atoms with van der Waals surface area (Å²) in [6, 6.07) is 0. The van der Waals surface area contributed by atoms with Crippen molar-refractivity contribution in [2.75, 3.05) is 5.73 Å². The third-order valence-corrected chi connectivity index (χ3v) is 7.30. The molecule has 3 N–H and O–H groups in total. The zero-order valence-electron chi connectivity index (χ0n) is 16.8. The summed E-state index contributed by atoms with van der Waals surface area (Å²) in [6.07, 6.45) is 3.68. The first-order chi connectivity index (χ1) is 13.9. The van der Waals surface area contributed by atoms with E-state index in [9.17, 15) is 5.11 Å². The maximum absolute atomic E-state index is 10.3. The molecule has 0 unspecified atom stereocenters. The van der Waals surface area contributed by atoms with Crippen LogP contribution < -0.4 is 5.73 Å². The number of thioether (sulfide) groups is 1. The van der Waals surface area contributed by atoms with E-state index in [0.717, 1.165) is 30.7 Å². The minimum atomic E-state index is -0.673. The topological polar surface area (TPSA) is 118 Å². The van der Waals surface area contributed by atoms with Gasteiger partial charge in [-0.05, 0) is 39.5 Å². The molecule has 1 saturated carbocycles. The van der Waals surface area contributed by atoms with Gasteiger partial charge in [-0.3, -0.25) is 0 Å². The Bertz CT molecular complexity index is 921. The molecule has 158 valence electrons. The number of aliphatic hydroxyl groups is 1. The molecule has 6 atom stereocenters. The van der Waals surface area contributed by atoms with Crippen LogP contribution in [-0.2, 0) is 14.2 Å². The minimum Gasteiger partial charge on any atom is -0.392 e. The van der Waals surface area contributed by atoms with Gasteiger partial charge in [-0.1, -0.05) is 18.7 Å². The molecule has 9 nitrogen and oxygen atoms in total. The minimum absolute atomic E-state index is 0.0852. The van der Waals surface area contributed by atoms with Crippen molar-refractivity contribution in [2.24, 2.45) is 0 Å². The number of anilines is 1. The summed E-state index contributed by atoms with van der Waals surface area (Å²) in [5, 5.41) is 16.6. The summed E-state index contributed by atoms with van der Waals surface area (Å²) in [5.41, 5.74) is 6.82. The summed E-state index contributed by atoms with van der Waals surface area (Å²) in [5.74, 6) is -0.297. The molecule has 2 saturated heterocycles. The van der Waals surface area contributed by atoms with Gasteiger partial charge in [-0.15, -0.1) is 0 Å². The van der Waals surface area contributed by atoms with E-state index in [2.05, 4.69) is 16.9 Å². The first kappa shape index (κ1) is 19.5. The SMILES string of the molecule is CC[C@H]1O[C@@H](n2nc(S[C@@H]3CCC[C@H]3O)c3c(N)ncnc32)[C@@H]2OC(C)(C)O[C@@H]21. The number of aromatic nitrogens is 4. The van der Waals surface area contributed by atoms with Gasteiger partial charge in [-0.25, -0.2) is 14.6 Å². The Morgan fingerprint density at radius 1 is 1.28 bits per heavy atom. The third-order valence-electron chi connectivity index (χ3n) is 5.94. The molecule has 2 aliphatic heterocycles. The van der Waals surface area contributed by atoms with Crippen molar-refractivity contribution in [3.63, 3.8) is 0 Å². The fourth-order valence-electron chi connectivity index (χ4n) is 4.60. The van der Waals surface area contributed by atoms with E-state index in [1.54, 1.807) is 16.4 Å². The zero-order chi connectivity index (χ0) is 20.3. The van der Waals surface area contributed by atoms with Crippen molar-refractivity contribution in [1.29, 1.82) is 0 Å². The highest BCUT2D eigenvalue weighted by Crippen LogP contribution is 2.46. The largest absolute Gasteiger partial charge is 0.392 e. The Balaban J connectivity index is 1.56. The number of hydrogen-bond acceptors (Lipinski definition) is 9. The first-order valence-electron chi connectivity index (χ1n) is 10.2. The highest BCUT2D eigenvalue weighted by atomic mass is 32.2. The van der Waals surface area contributed by atoms with Gasteiger partial charge in [0, 0.05) is 5.25 Å². The molecule has 3 fully saturated rings. The van der Waals surface area contributed by atoms with Crippen molar-refractivity contribution >= 4 is 28.6 Å². The fourth-order valence-corrected chi connectivity index (χ4v) is 5.91. The smallest absolute Gasteiger partial charge is 0.181 e. The molecule has 0 bridgehead atoms. The van der Waals surface area contributed by atoms with Gasteiger partial charge in [0.25, 0.3) is 0 Å². The van der Waals surface area contributed by atoms with E-state index in [1.165, 1.54) is 6.33 Å². The molecule has 0 radical (unpaired) electrons. The van der Waals surface area contributed by atoms with Gasteiger partial charge in [0.05, 0.1) is 17.6 Å². The first-order valence-corrected chi connectivity index (χ1v) is 11.1. The quantitative estimate of drug-likeness (QED) is 0.766. The van der Waals surface area contributed by atoms with Crippen molar-refractivity contribution in [1.82, 2.24) is 19.7 Å². The average molecular weight is 422 g/mol. The Hall–Kier alpha value is -1.46. The maximum Gasteiger partial charge on any atom is 0.181 e. The van der Waals surface area contributed by atoms with Crippen molar-refractivity contribution in [3.05, 3.63) is 6.33 Å². The van der Waals surface area contributed by atoms with Crippen LogP contribution in [0.15, 0.2) is 11.4 Å². The molecule has 0 amide bonds. The number of hydrogen-bond donors (Lipinski definition) is 2. The molecule has 2 aromatic heterocycles. The number of nitrogens with two attached hydrogens (primary N) is 1. The van der Waals surface area contributed by atoms with Crippen LogP contribution >= 0.6 is 11.8 Å². The monoisotopic (exact) mass is 421 g/mol. The van der Waals surface area contributed by atoms with Gasteiger partial charge < -0.3 is 25.1 Å². The van der Waals surface area contributed by atoms with E-state index >= 15 is 0 Å². The molecule has 3 aliphatic rings. The lowest BCUT2D eigenvalue weighted by Crippen LogP contribution is -2.28. The number of fused-ring (bicyclic) bond motifs is 2. The summed E-state index contributed by atoms with van der Waals surface area (Å²) in [6.45, 7) is 5.90. The van der Waals surface area contributed by atoms with Crippen LogP contribution in [-0.4, -0.2) is 60.3 Å². The molecule has 5 rings (SSSR count). The van der Waals surface area contributed by atoms with Gasteiger partial charge in [0.1, 0.15) is 29.4 Å². The van der Waals surface area contributed by atoms with Gasteiger partial charge in [0.15, 0.2) is 17.7 Å². The van der Waals surface area contributed by atoms with E-state index in [4.69, 9.17) is 25.0 Å². The molecule has 0 aromatic carbocycles. The number of ether oxygens (including phenoxy) is 3. The fraction of sp³-hybridized carbons (Fsp3) is 0.737. The van der Waals surface area contributed by atoms with Crippen LogP contribution in [0.3, 0.4) is 0 Å². The molecule has 0 spiro atoms. The van der Waals surface area contributed by atoms with Crippen LogP contribution in [0.2, 0.25) is 0 Å². The Kier molecular flexibility index (Phi) is 4.74. The van der Waals surface area contributed by atoms with Crippen molar-refractivity contribution in [3.8, 4) is 0 Å². The van der Waals surface area contributed by atoms with Crippen LogP contribution in [0.4, 0.5) is 5.82 Å². The van der Waals surface area contributed by atoms with Gasteiger partial charge in [-0.2, -0.15) is 5.10 Å². The molecule has 2 aromatic rings. The van der Waals surface area contributed by atoms with E-state index < -0.39 is 12.0 Å². The molecular formula is C19H27N5O4S. The second-order valence-electron chi connectivity index (χ2n) is 8.40. The second kappa shape index (κ2) is 7.05. The lowest BCUT2D eigenvalue weighted by molar-refractivity contribution is -0.197. The predicted octanol–water partition coefficient (Wildman–Crippen LogP) is 2.24. The Labute approximate surface area is 173 Å². The Morgan fingerprint density at radius 2 is 2.07 bits per heavy atom. The van der Waals surface area contributed by atoms with E-state index in [1.807, 2.05) is 13.8 Å². The lowest BCUT2D eigenvalue weighted by atomic mass is 10.1. The van der Waals surface area contributed by atoms with Crippen molar-refractivity contribution < 1.29 is 19.3 Å². The van der Waals surface area contributed by atoms with Crippen molar-refractivity contribution in [2.45, 2.75) is 93.2 Å². The van der Waals surface area contributed by atoms with Gasteiger partial charge in [0.2, 0.25) is 0 Å². The van der Waals surface area contributed by atoms with Crippen LogP contribution in [0.25, 0.3) is 11.0 Å². The summed E-state index contributed by atoms with van der Waals surface area (Å²) >= 11 is 1.54. The van der Waals surface area contributed by atoms with Crippen LogP contribution in [0.5, 0.6) is 0 Å². The lowest BCUT2D eigenvalue weighted by Gasteiger charge is -2.24. The summed E-state index contributed by atoms with van der Waals surface area (Å²) in [7, 11) is 0. The number of nitrogen functional groups attached to an aromatic ring is 1. The third kappa shape index (κ3) is 3.21. The molecule has 29 heavy (non-hydrogen) atoms. The Morgan fingerprint density at radius 3 is 2.79 bits per heavy atom. The normalized spacial score (nSPS) is 36.1. The zero-order valence-corrected chi connectivity index (χ0v) is 17.6. The molecular weight excluding hydrogens is 394 g/mol. The van der Waals surface area contributed by atoms with Gasteiger partial charge >= 0.3 is 0 Å². The maximum atomic E-state index is 10.3. The average Bonchev–Trinajstić information content (AvgIpc) is 3.39. The van der Waals surface area contributed by atoms with Crippen LogP contribution in [0, 0.1) is 0 Å². The highest BCUT2D eigenvalue weighted by molar-refractivity contribution is 8.00. The highest BCUT2D eigenvalue weighted by Gasteiger charge is 2.56. The number of aliphatic hydroxyl groups excluding tert-OH is 1. The number of nitrogens with zero attached hydrogens (tertiary/aromatic N) is 4. The second-order valence-corrected chi connectivity index (χ2v) is 9.63. The summed E-state index contributed by atoms with van der Waals surface area (Å²) in [4.78, 5) is 8.62. The standard InChI is InChI=1S/C19H27N5O4S/c1-4-10-13-14(28-19(2,3)27-13)18(26-10)24-16-12(15(20)21-8-22-16)17(23-24)29-11-7-5-6-9(11)25/h8-11,13-14,18,25H,4-7H2,1-3H3,(H2,20,21,22)/t9-,10-,11-,13-,14-,18-/m1/s1. The predicted molar refractivity (Wildman–Crippen MR) is 107 cm³/mol. The molecule has 4 heterocycles. The molecule has 10 heteroatoms.